The molecular formula is C19H34N2O. The molecule has 1 aliphatic heterocycles. The van der Waals surface area contributed by atoms with Crippen LogP contribution in [0.5, 0.6) is 0 Å². The van der Waals surface area contributed by atoms with Gasteiger partial charge in [0.15, 0.2) is 5.78 Å². The van der Waals surface area contributed by atoms with Gasteiger partial charge in [0.25, 0.3) is 0 Å². The number of hydrogen-bond donors (Lipinski definition) is 2. The molecule has 0 aromatic carbocycles. The van der Waals surface area contributed by atoms with Crippen molar-refractivity contribution in [2.24, 2.45) is 5.41 Å². The molecule has 0 radical (unpaired) electrons. The van der Waals surface area contributed by atoms with Crippen LogP contribution in [0.4, 0.5) is 0 Å². The molecule has 2 N–H and O–H groups in total. The smallest absolute Gasteiger partial charge is 0.154 e. The molecule has 0 aromatic heterocycles. The van der Waals surface area contributed by atoms with Crippen molar-refractivity contribution in [1.29, 1.82) is 0 Å². The van der Waals surface area contributed by atoms with Gasteiger partial charge < -0.3 is 0 Å². The molecule has 2 aliphatic carbocycles. The zero-order valence-corrected chi connectivity index (χ0v) is 14.2. The molecule has 0 aromatic rings. The van der Waals surface area contributed by atoms with Crippen LogP contribution in [-0.4, -0.2) is 17.9 Å². The highest BCUT2D eigenvalue weighted by Gasteiger charge is 2.53. The number of ketones is 1. The third-order valence-corrected chi connectivity index (χ3v) is 6.39. The second-order valence-electron chi connectivity index (χ2n) is 8.20. The van der Waals surface area contributed by atoms with E-state index >= 15 is 0 Å². The lowest BCUT2D eigenvalue weighted by Crippen LogP contribution is -2.59. The van der Waals surface area contributed by atoms with Gasteiger partial charge in [0, 0.05) is 13.0 Å². The molecular weight excluding hydrogens is 272 g/mol. The van der Waals surface area contributed by atoms with Crippen molar-refractivity contribution >= 4 is 5.78 Å². The van der Waals surface area contributed by atoms with Gasteiger partial charge in [-0.1, -0.05) is 57.8 Å². The third-order valence-electron chi connectivity index (χ3n) is 6.39. The zero-order valence-electron chi connectivity index (χ0n) is 14.2. The Bertz CT molecular complexity index is 362. The van der Waals surface area contributed by atoms with E-state index in [0.717, 1.165) is 32.2 Å². The quantitative estimate of drug-likeness (QED) is 0.702. The monoisotopic (exact) mass is 306 g/mol. The second kappa shape index (κ2) is 7.44. The zero-order chi connectivity index (χ0) is 15.3. The average molecular weight is 306 g/mol. The van der Waals surface area contributed by atoms with Gasteiger partial charge in [0.2, 0.25) is 0 Å². The number of nitrogens with one attached hydrogen (secondary N) is 2. The van der Waals surface area contributed by atoms with E-state index in [1.165, 1.54) is 70.6 Å². The summed E-state index contributed by atoms with van der Waals surface area (Å²) in [7, 11) is 0. The molecule has 126 valence electrons. The summed E-state index contributed by atoms with van der Waals surface area (Å²) in [6.45, 7) is 1.00. The molecule has 2 saturated carbocycles. The Hall–Kier alpha value is -0.410. The molecule has 3 heteroatoms. The maximum absolute atomic E-state index is 12.8. The Morgan fingerprint density at radius 2 is 1.32 bits per heavy atom. The van der Waals surface area contributed by atoms with Crippen LogP contribution in [0, 0.1) is 5.41 Å². The maximum atomic E-state index is 12.8. The van der Waals surface area contributed by atoms with Gasteiger partial charge >= 0.3 is 0 Å². The lowest BCUT2D eigenvalue weighted by atomic mass is 9.74. The highest BCUT2D eigenvalue weighted by molar-refractivity contribution is 5.91. The van der Waals surface area contributed by atoms with Crippen LogP contribution in [0.1, 0.15) is 96.3 Å². The van der Waals surface area contributed by atoms with Gasteiger partial charge in [0.05, 0.1) is 5.54 Å². The predicted molar refractivity (Wildman–Crippen MR) is 90.6 cm³/mol. The standard InChI is InChI=1S/C19H34N2O/c22-17-15-18(16-19(17)13-10-14-20-21-19)11-8-6-4-2-1-3-5-7-9-12-18/h20-21H,1-16H2. The van der Waals surface area contributed by atoms with Gasteiger partial charge in [-0.05, 0) is 37.5 Å². The van der Waals surface area contributed by atoms with Crippen LogP contribution in [-0.2, 0) is 4.79 Å². The molecule has 1 saturated heterocycles. The van der Waals surface area contributed by atoms with Gasteiger partial charge in [-0.2, -0.15) is 0 Å². The number of hydrogen-bond acceptors (Lipinski definition) is 3. The number of Topliss-reactive ketones (excluding diaryl/α,β-unsaturated/α-hetero) is 1. The number of carbonyl (C=O) groups excluding carboxylic acids is 1. The summed E-state index contributed by atoms with van der Waals surface area (Å²) in [5, 5.41) is 0. The highest BCUT2D eigenvalue weighted by Crippen LogP contribution is 2.50. The van der Waals surface area contributed by atoms with Crippen molar-refractivity contribution in [1.82, 2.24) is 10.9 Å². The van der Waals surface area contributed by atoms with E-state index < -0.39 is 0 Å². The van der Waals surface area contributed by atoms with Crippen molar-refractivity contribution in [3.63, 3.8) is 0 Å². The van der Waals surface area contributed by atoms with Crippen molar-refractivity contribution in [3.8, 4) is 0 Å². The Kier molecular flexibility index (Phi) is 5.56. The third kappa shape index (κ3) is 3.73. The maximum Gasteiger partial charge on any atom is 0.154 e. The molecule has 1 heterocycles. The van der Waals surface area contributed by atoms with Crippen LogP contribution < -0.4 is 10.9 Å². The summed E-state index contributed by atoms with van der Waals surface area (Å²) < 4.78 is 0. The van der Waals surface area contributed by atoms with Gasteiger partial charge in [-0.25, -0.2) is 5.43 Å². The number of carbonyl (C=O) groups is 1. The summed E-state index contributed by atoms with van der Waals surface area (Å²) in [4.78, 5) is 12.8. The van der Waals surface area contributed by atoms with E-state index in [-0.39, 0.29) is 5.54 Å². The predicted octanol–water partition coefficient (Wildman–Crippen LogP) is 4.27. The van der Waals surface area contributed by atoms with Crippen LogP contribution in [0.2, 0.25) is 0 Å². The number of hydrazine groups is 1. The minimum absolute atomic E-state index is 0.227. The first kappa shape index (κ1) is 16.4. The summed E-state index contributed by atoms with van der Waals surface area (Å²) in [6, 6.07) is 0. The summed E-state index contributed by atoms with van der Waals surface area (Å²) in [6.07, 6.45) is 19.1. The molecule has 0 amide bonds. The first-order chi connectivity index (χ1) is 10.7. The first-order valence-corrected chi connectivity index (χ1v) is 9.78. The minimum Gasteiger partial charge on any atom is -0.298 e. The molecule has 2 spiro atoms. The molecule has 3 aliphatic rings. The number of rotatable bonds is 0. The van der Waals surface area contributed by atoms with Crippen molar-refractivity contribution in [2.75, 3.05) is 6.54 Å². The lowest BCUT2D eigenvalue weighted by molar-refractivity contribution is -0.124. The first-order valence-electron chi connectivity index (χ1n) is 9.78. The van der Waals surface area contributed by atoms with Gasteiger partial charge in [0.1, 0.15) is 0 Å². The van der Waals surface area contributed by atoms with E-state index in [0.29, 0.717) is 11.2 Å². The molecule has 1 unspecified atom stereocenters. The summed E-state index contributed by atoms with van der Waals surface area (Å²) >= 11 is 0. The molecule has 22 heavy (non-hydrogen) atoms. The minimum atomic E-state index is -0.227. The Labute approximate surface area is 136 Å². The van der Waals surface area contributed by atoms with E-state index in [2.05, 4.69) is 10.9 Å². The van der Waals surface area contributed by atoms with E-state index in [1.54, 1.807) is 0 Å². The molecule has 3 rings (SSSR count). The van der Waals surface area contributed by atoms with Gasteiger partial charge in [-0.15, -0.1) is 0 Å². The summed E-state index contributed by atoms with van der Waals surface area (Å²) in [5.74, 6) is 0.492. The Morgan fingerprint density at radius 1 is 0.727 bits per heavy atom. The topological polar surface area (TPSA) is 41.1 Å². The SMILES string of the molecule is O=C1CC2(CCCCCCCCCCC2)CC12CCCNN2. The van der Waals surface area contributed by atoms with Crippen LogP contribution >= 0.6 is 0 Å². The average Bonchev–Trinajstić information content (AvgIpc) is 2.77. The van der Waals surface area contributed by atoms with Crippen LogP contribution in [0.3, 0.4) is 0 Å². The molecule has 3 nitrogen and oxygen atoms in total. The van der Waals surface area contributed by atoms with E-state index in [4.69, 9.17) is 0 Å². The molecule has 1 atom stereocenters. The van der Waals surface area contributed by atoms with E-state index in [1.807, 2.05) is 0 Å². The Morgan fingerprint density at radius 3 is 1.86 bits per heavy atom. The van der Waals surface area contributed by atoms with Crippen LogP contribution in [0.25, 0.3) is 0 Å². The van der Waals surface area contributed by atoms with E-state index in [9.17, 15) is 4.79 Å². The van der Waals surface area contributed by atoms with Crippen molar-refractivity contribution < 1.29 is 4.79 Å². The van der Waals surface area contributed by atoms with Gasteiger partial charge in [-0.3, -0.25) is 10.2 Å². The van der Waals surface area contributed by atoms with Crippen LogP contribution in [0.15, 0.2) is 0 Å². The second-order valence-corrected chi connectivity index (χ2v) is 8.20. The largest absolute Gasteiger partial charge is 0.298 e. The van der Waals surface area contributed by atoms with Crippen molar-refractivity contribution in [2.45, 2.75) is 102 Å². The van der Waals surface area contributed by atoms with Crippen molar-refractivity contribution in [3.05, 3.63) is 0 Å². The molecule has 3 fully saturated rings. The lowest BCUT2D eigenvalue weighted by Gasteiger charge is -2.37. The highest BCUT2D eigenvalue weighted by atomic mass is 16.1. The fourth-order valence-electron chi connectivity index (χ4n) is 5.14. The Balaban J connectivity index is 1.66. The fraction of sp³-hybridized carbons (Fsp3) is 0.947. The fourth-order valence-corrected chi connectivity index (χ4v) is 5.14. The molecule has 0 bridgehead atoms. The summed E-state index contributed by atoms with van der Waals surface area (Å²) in [5.41, 5.74) is 6.75. The normalized spacial score (nSPS) is 34.5.